The van der Waals surface area contributed by atoms with Gasteiger partial charge >= 0.3 is 6.18 Å². The van der Waals surface area contributed by atoms with Crippen molar-refractivity contribution in [2.45, 2.75) is 25.1 Å². The molecule has 0 radical (unpaired) electrons. The number of benzene rings is 1. The van der Waals surface area contributed by atoms with Gasteiger partial charge in [-0.15, -0.1) is 10.2 Å². The van der Waals surface area contributed by atoms with Gasteiger partial charge in [-0.25, -0.2) is 0 Å². The predicted molar refractivity (Wildman–Crippen MR) is 99.8 cm³/mol. The summed E-state index contributed by atoms with van der Waals surface area (Å²) in [5.74, 6) is 0.564. The van der Waals surface area contributed by atoms with E-state index in [9.17, 15) is 18.3 Å². The van der Waals surface area contributed by atoms with Crippen molar-refractivity contribution in [3.05, 3.63) is 23.8 Å². The Kier molecular flexibility index (Phi) is 4.97. The first kappa shape index (κ1) is 19.7. The zero-order valence-corrected chi connectivity index (χ0v) is 16.1. The van der Waals surface area contributed by atoms with Gasteiger partial charge < -0.3 is 19.6 Å². The van der Waals surface area contributed by atoms with E-state index in [2.05, 4.69) is 32.0 Å². The molecule has 0 amide bonds. The van der Waals surface area contributed by atoms with E-state index >= 15 is 0 Å². The number of aromatic nitrogens is 3. The van der Waals surface area contributed by atoms with Crippen molar-refractivity contribution in [3.63, 3.8) is 0 Å². The third kappa shape index (κ3) is 3.68. The molecule has 0 spiro atoms. The number of halogens is 3. The van der Waals surface area contributed by atoms with E-state index in [0.29, 0.717) is 24.0 Å². The Hall–Kier alpha value is -2.62. The SMILES string of the molecule is COc1nc(N2CC[C@H]3CCN(C)C[C@H]32)nnc1-c1ccc(C(F)(F)F)cc1O. The van der Waals surface area contributed by atoms with Gasteiger partial charge in [0.1, 0.15) is 5.75 Å². The smallest absolute Gasteiger partial charge is 0.416 e. The minimum atomic E-state index is -4.55. The van der Waals surface area contributed by atoms with Crippen LogP contribution in [0, 0.1) is 5.92 Å². The van der Waals surface area contributed by atoms with Crippen molar-refractivity contribution in [1.29, 1.82) is 0 Å². The number of phenolic OH excluding ortho intramolecular Hbond substituents is 1. The normalized spacial score (nSPS) is 22.6. The average molecular weight is 409 g/mol. The Morgan fingerprint density at radius 3 is 2.62 bits per heavy atom. The highest BCUT2D eigenvalue weighted by molar-refractivity contribution is 5.71. The van der Waals surface area contributed by atoms with Gasteiger partial charge in [0.2, 0.25) is 11.8 Å². The molecule has 156 valence electrons. The van der Waals surface area contributed by atoms with Crippen molar-refractivity contribution in [2.75, 3.05) is 38.7 Å². The lowest BCUT2D eigenvalue weighted by molar-refractivity contribution is -0.137. The Bertz CT molecular complexity index is 908. The summed E-state index contributed by atoms with van der Waals surface area (Å²) in [6.07, 6.45) is -2.36. The first-order valence-corrected chi connectivity index (χ1v) is 9.42. The third-order valence-electron chi connectivity index (χ3n) is 5.74. The number of ether oxygens (including phenoxy) is 1. The number of rotatable bonds is 3. The fourth-order valence-electron chi connectivity index (χ4n) is 4.19. The molecule has 4 rings (SSSR count). The number of anilines is 1. The van der Waals surface area contributed by atoms with E-state index in [1.165, 1.54) is 7.11 Å². The quantitative estimate of drug-likeness (QED) is 0.836. The number of aromatic hydroxyl groups is 1. The molecule has 2 fully saturated rings. The molecule has 0 saturated carbocycles. The molecule has 2 saturated heterocycles. The molecule has 29 heavy (non-hydrogen) atoms. The number of likely N-dealkylation sites (tertiary alicyclic amines) is 1. The van der Waals surface area contributed by atoms with Crippen molar-refractivity contribution in [3.8, 4) is 22.9 Å². The van der Waals surface area contributed by atoms with Crippen molar-refractivity contribution < 1.29 is 23.0 Å². The van der Waals surface area contributed by atoms with Crippen molar-refractivity contribution in [2.24, 2.45) is 5.92 Å². The minimum absolute atomic E-state index is 0.0816. The third-order valence-corrected chi connectivity index (χ3v) is 5.74. The van der Waals surface area contributed by atoms with Gasteiger partial charge in [-0.1, -0.05) is 0 Å². The predicted octanol–water partition coefficient (Wildman–Crippen LogP) is 2.80. The summed E-state index contributed by atoms with van der Waals surface area (Å²) in [7, 11) is 3.49. The molecule has 2 atom stereocenters. The molecular formula is C19H22F3N5O2. The second kappa shape index (κ2) is 7.33. The van der Waals surface area contributed by atoms with Crippen LogP contribution in [0.2, 0.25) is 0 Å². The zero-order chi connectivity index (χ0) is 20.8. The first-order chi connectivity index (χ1) is 13.8. The number of likely N-dealkylation sites (N-methyl/N-ethyl adjacent to an activating group) is 1. The molecule has 7 nitrogen and oxygen atoms in total. The highest BCUT2D eigenvalue weighted by Crippen LogP contribution is 2.39. The van der Waals surface area contributed by atoms with Crippen LogP contribution < -0.4 is 9.64 Å². The molecule has 0 aliphatic carbocycles. The molecule has 1 N–H and O–H groups in total. The van der Waals surface area contributed by atoms with E-state index < -0.39 is 17.5 Å². The summed E-state index contributed by atoms with van der Waals surface area (Å²) in [6.45, 7) is 2.81. The number of methoxy groups -OCH3 is 1. The highest BCUT2D eigenvalue weighted by Gasteiger charge is 2.39. The largest absolute Gasteiger partial charge is 0.507 e. The molecule has 10 heteroatoms. The van der Waals surface area contributed by atoms with Gasteiger partial charge in [-0.2, -0.15) is 18.2 Å². The van der Waals surface area contributed by atoms with Gasteiger partial charge in [-0.3, -0.25) is 0 Å². The maximum atomic E-state index is 12.9. The number of piperidine rings is 1. The number of alkyl halides is 3. The summed E-state index contributed by atoms with van der Waals surface area (Å²) in [5, 5.41) is 18.5. The van der Waals surface area contributed by atoms with Gasteiger partial charge in [-0.05, 0) is 50.6 Å². The van der Waals surface area contributed by atoms with E-state index in [-0.39, 0.29) is 17.1 Å². The monoisotopic (exact) mass is 409 g/mol. The van der Waals surface area contributed by atoms with Crippen LogP contribution in [-0.4, -0.2) is 65.0 Å². The summed E-state index contributed by atoms with van der Waals surface area (Å²) >= 11 is 0. The average Bonchev–Trinajstić information content (AvgIpc) is 3.10. The topological polar surface area (TPSA) is 74.6 Å². The number of phenols is 1. The van der Waals surface area contributed by atoms with Gasteiger partial charge in [0.15, 0.2) is 5.69 Å². The van der Waals surface area contributed by atoms with Gasteiger partial charge in [0, 0.05) is 24.7 Å². The molecule has 1 aromatic heterocycles. The minimum Gasteiger partial charge on any atom is -0.507 e. The summed E-state index contributed by atoms with van der Waals surface area (Å²) < 4.78 is 43.9. The van der Waals surface area contributed by atoms with E-state index in [0.717, 1.165) is 44.6 Å². The number of hydrogen-bond acceptors (Lipinski definition) is 7. The van der Waals surface area contributed by atoms with Crippen LogP contribution in [0.15, 0.2) is 18.2 Å². The fraction of sp³-hybridized carbons (Fsp3) is 0.526. The molecule has 3 heterocycles. The summed E-state index contributed by atoms with van der Waals surface area (Å²) in [6, 6.07) is 2.99. The highest BCUT2D eigenvalue weighted by atomic mass is 19.4. The van der Waals surface area contributed by atoms with Crippen LogP contribution in [0.5, 0.6) is 11.6 Å². The fourth-order valence-corrected chi connectivity index (χ4v) is 4.19. The maximum absolute atomic E-state index is 12.9. The van der Waals surface area contributed by atoms with Crippen LogP contribution in [0.1, 0.15) is 18.4 Å². The second-order valence-electron chi connectivity index (χ2n) is 7.56. The van der Waals surface area contributed by atoms with Crippen LogP contribution in [-0.2, 0) is 6.18 Å². The molecule has 0 bridgehead atoms. The lowest BCUT2D eigenvalue weighted by Gasteiger charge is -2.36. The van der Waals surface area contributed by atoms with Crippen LogP contribution in [0.4, 0.5) is 19.1 Å². The van der Waals surface area contributed by atoms with Crippen LogP contribution in [0.3, 0.4) is 0 Å². The van der Waals surface area contributed by atoms with E-state index in [1.54, 1.807) is 0 Å². The van der Waals surface area contributed by atoms with E-state index in [1.807, 2.05) is 0 Å². The molecule has 2 aliphatic heterocycles. The number of nitrogens with zero attached hydrogens (tertiary/aromatic N) is 5. The maximum Gasteiger partial charge on any atom is 0.416 e. The van der Waals surface area contributed by atoms with Crippen LogP contribution >= 0.6 is 0 Å². The van der Waals surface area contributed by atoms with Gasteiger partial charge in [0.05, 0.1) is 12.7 Å². The lowest BCUT2D eigenvalue weighted by Crippen LogP contribution is -2.47. The molecular weight excluding hydrogens is 387 g/mol. The summed E-state index contributed by atoms with van der Waals surface area (Å²) in [4.78, 5) is 8.85. The molecule has 2 aromatic rings. The molecule has 2 aliphatic rings. The van der Waals surface area contributed by atoms with Crippen molar-refractivity contribution >= 4 is 5.95 Å². The zero-order valence-electron chi connectivity index (χ0n) is 16.1. The number of hydrogen-bond donors (Lipinski definition) is 1. The Morgan fingerprint density at radius 1 is 1.17 bits per heavy atom. The Labute approximate surface area is 166 Å². The Morgan fingerprint density at radius 2 is 1.93 bits per heavy atom. The van der Waals surface area contributed by atoms with Gasteiger partial charge in [0.25, 0.3) is 0 Å². The second-order valence-corrected chi connectivity index (χ2v) is 7.56. The summed E-state index contributed by atoms with van der Waals surface area (Å²) in [5.41, 5.74) is -0.767. The van der Waals surface area contributed by atoms with Crippen LogP contribution in [0.25, 0.3) is 11.3 Å². The standard InChI is InChI=1S/C19H22F3N5O2/c1-26-7-5-11-6-8-27(14(11)10-26)18-23-17(29-2)16(24-25-18)13-4-3-12(9-15(13)28)19(20,21)22/h3-4,9,11,14,28H,5-8,10H2,1-2H3/t11-,14-/m1/s1. The molecule has 0 unspecified atom stereocenters. The number of fused-ring (bicyclic) bond motifs is 1. The lowest BCUT2D eigenvalue weighted by atomic mass is 9.92. The molecule has 1 aromatic carbocycles. The van der Waals surface area contributed by atoms with Crippen molar-refractivity contribution in [1.82, 2.24) is 20.1 Å². The first-order valence-electron chi connectivity index (χ1n) is 9.42. The Balaban J connectivity index is 1.66. The van der Waals surface area contributed by atoms with E-state index in [4.69, 9.17) is 4.74 Å².